The maximum atomic E-state index is 11.7. The number of carboxylic acids is 1. The molecule has 0 unspecified atom stereocenters. The van der Waals surface area contributed by atoms with Gasteiger partial charge in [0.2, 0.25) is 0 Å². The van der Waals surface area contributed by atoms with Crippen LogP contribution < -0.4 is 5.32 Å². The van der Waals surface area contributed by atoms with E-state index in [1.807, 2.05) is 0 Å². The lowest BCUT2D eigenvalue weighted by Gasteiger charge is -2.03. The fourth-order valence-corrected chi connectivity index (χ4v) is 1.45. The fraction of sp³-hybridized carbons (Fsp3) is 0.231. The Morgan fingerprint density at radius 1 is 1.35 bits per heavy atom. The van der Waals surface area contributed by atoms with Crippen molar-refractivity contribution < 1.29 is 14.7 Å². The van der Waals surface area contributed by atoms with Gasteiger partial charge in [0.1, 0.15) is 0 Å². The average Bonchev–Trinajstić information content (AvgIpc) is 3.10. The van der Waals surface area contributed by atoms with Crippen LogP contribution in [0.25, 0.3) is 6.08 Å². The van der Waals surface area contributed by atoms with E-state index in [0.29, 0.717) is 17.2 Å². The Hall–Kier alpha value is -2.10. The molecular formula is C13H13NO3. The number of amides is 1. The van der Waals surface area contributed by atoms with Crippen molar-refractivity contribution in [3.8, 4) is 0 Å². The molecule has 1 amide bonds. The number of nitrogens with one attached hydrogen (secondary N) is 1. The topological polar surface area (TPSA) is 66.4 Å². The fourth-order valence-electron chi connectivity index (χ4n) is 1.45. The number of rotatable bonds is 4. The SMILES string of the molecule is O=C(O)/C=C/c1cccc(C(=O)NC2CC2)c1. The zero-order chi connectivity index (χ0) is 12.3. The van der Waals surface area contributed by atoms with Crippen LogP contribution in [-0.2, 0) is 4.79 Å². The minimum absolute atomic E-state index is 0.0990. The molecule has 88 valence electrons. The summed E-state index contributed by atoms with van der Waals surface area (Å²) < 4.78 is 0. The first-order valence-electron chi connectivity index (χ1n) is 5.47. The number of carboxylic acid groups (broad SMARTS) is 1. The molecule has 0 bridgehead atoms. The second-order valence-corrected chi connectivity index (χ2v) is 4.04. The van der Waals surface area contributed by atoms with Crippen LogP contribution in [0.15, 0.2) is 30.3 Å². The van der Waals surface area contributed by atoms with Crippen LogP contribution in [0.1, 0.15) is 28.8 Å². The Morgan fingerprint density at radius 3 is 2.76 bits per heavy atom. The molecule has 0 heterocycles. The summed E-state index contributed by atoms with van der Waals surface area (Å²) in [7, 11) is 0. The standard InChI is InChI=1S/C13H13NO3/c15-12(16)7-4-9-2-1-3-10(8-9)13(17)14-11-5-6-11/h1-4,7-8,11H,5-6H2,(H,14,17)(H,15,16)/b7-4+. The third kappa shape index (κ3) is 3.45. The quantitative estimate of drug-likeness (QED) is 0.775. The van der Waals surface area contributed by atoms with Crippen LogP contribution >= 0.6 is 0 Å². The molecule has 4 heteroatoms. The first-order valence-corrected chi connectivity index (χ1v) is 5.47. The molecular weight excluding hydrogens is 218 g/mol. The van der Waals surface area contributed by atoms with Gasteiger partial charge in [-0.15, -0.1) is 0 Å². The molecule has 0 radical (unpaired) electrons. The molecule has 0 aliphatic heterocycles. The zero-order valence-corrected chi connectivity index (χ0v) is 9.22. The summed E-state index contributed by atoms with van der Waals surface area (Å²) in [6.45, 7) is 0. The normalized spacial score (nSPS) is 14.8. The molecule has 4 nitrogen and oxygen atoms in total. The van der Waals surface area contributed by atoms with Crippen molar-refractivity contribution in [2.75, 3.05) is 0 Å². The van der Waals surface area contributed by atoms with E-state index in [1.54, 1.807) is 24.3 Å². The highest BCUT2D eigenvalue weighted by molar-refractivity contribution is 5.95. The van der Waals surface area contributed by atoms with Crippen LogP contribution in [0.4, 0.5) is 0 Å². The van der Waals surface area contributed by atoms with Gasteiger partial charge in [-0.3, -0.25) is 4.79 Å². The summed E-state index contributed by atoms with van der Waals surface area (Å²) in [4.78, 5) is 22.1. The van der Waals surface area contributed by atoms with Gasteiger partial charge in [0.15, 0.2) is 0 Å². The number of benzene rings is 1. The predicted octanol–water partition coefficient (Wildman–Crippen LogP) is 1.68. The van der Waals surface area contributed by atoms with E-state index in [9.17, 15) is 9.59 Å². The minimum atomic E-state index is -1.00. The van der Waals surface area contributed by atoms with Crippen molar-refractivity contribution >= 4 is 18.0 Å². The van der Waals surface area contributed by atoms with Crippen molar-refractivity contribution in [3.63, 3.8) is 0 Å². The summed E-state index contributed by atoms with van der Waals surface area (Å²) in [5.41, 5.74) is 1.26. The Labute approximate surface area is 99.0 Å². The molecule has 17 heavy (non-hydrogen) atoms. The first kappa shape index (κ1) is 11.4. The molecule has 1 fully saturated rings. The van der Waals surface area contributed by atoms with Crippen molar-refractivity contribution in [3.05, 3.63) is 41.5 Å². The van der Waals surface area contributed by atoms with Gasteiger partial charge in [-0.1, -0.05) is 12.1 Å². The van der Waals surface area contributed by atoms with E-state index in [4.69, 9.17) is 5.11 Å². The third-order valence-electron chi connectivity index (χ3n) is 2.48. The number of hydrogen-bond donors (Lipinski definition) is 2. The summed E-state index contributed by atoms with van der Waals surface area (Å²) in [6, 6.07) is 7.21. The Bertz CT molecular complexity index is 475. The molecule has 0 spiro atoms. The van der Waals surface area contributed by atoms with Crippen LogP contribution in [0.3, 0.4) is 0 Å². The van der Waals surface area contributed by atoms with Gasteiger partial charge in [0.05, 0.1) is 0 Å². The smallest absolute Gasteiger partial charge is 0.328 e. The van der Waals surface area contributed by atoms with Gasteiger partial charge in [-0.25, -0.2) is 4.79 Å². The van der Waals surface area contributed by atoms with Crippen LogP contribution in [-0.4, -0.2) is 23.0 Å². The van der Waals surface area contributed by atoms with Crippen molar-refractivity contribution in [1.82, 2.24) is 5.32 Å². The Kier molecular flexibility index (Phi) is 3.23. The van der Waals surface area contributed by atoms with Crippen molar-refractivity contribution in [2.45, 2.75) is 18.9 Å². The molecule has 1 aliphatic carbocycles. The molecule has 1 saturated carbocycles. The molecule has 2 rings (SSSR count). The van der Waals surface area contributed by atoms with E-state index in [2.05, 4.69) is 5.32 Å². The van der Waals surface area contributed by atoms with E-state index >= 15 is 0 Å². The van der Waals surface area contributed by atoms with Crippen LogP contribution in [0.5, 0.6) is 0 Å². The largest absolute Gasteiger partial charge is 0.478 e. The molecule has 0 aromatic heterocycles. The Balaban J connectivity index is 2.09. The summed E-state index contributed by atoms with van der Waals surface area (Å²) >= 11 is 0. The lowest BCUT2D eigenvalue weighted by molar-refractivity contribution is -0.131. The molecule has 0 atom stereocenters. The van der Waals surface area contributed by atoms with Crippen LogP contribution in [0.2, 0.25) is 0 Å². The second kappa shape index (κ2) is 4.82. The monoisotopic (exact) mass is 231 g/mol. The van der Waals surface area contributed by atoms with E-state index in [0.717, 1.165) is 18.9 Å². The molecule has 1 aromatic carbocycles. The highest BCUT2D eigenvalue weighted by atomic mass is 16.4. The van der Waals surface area contributed by atoms with Crippen LogP contribution in [0, 0.1) is 0 Å². The predicted molar refractivity (Wildman–Crippen MR) is 63.6 cm³/mol. The van der Waals surface area contributed by atoms with Crippen molar-refractivity contribution in [1.29, 1.82) is 0 Å². The average molecular weight is 231 g/mol. The van der Waals surface area contributed by atoms with Gasteiger partial charge in [0, 0.05) is 17.7 Å². The third-order valence-corrected chi connectivity index (χ3v) is 2.48. The van der Waals surface area contributed by atoms with E-state index < -0.39 is 5.97 Å². The number of aliphatic carboxylic acids is 1. The highest BCUT2D eigenvalue weighted by Gasteiger charge is 2.23. The first-order chi connectivity index (χ1) is 8.15. The van der Waals surface area contributed by atoms with Gasteiger partial charge in [-0.05, 0) is 36.6 Å². The molecule has 1 aromatic rings. The van der Waals surface area contributed by atoms with Gasteiger partial charge in [0.25, 0.3) is 5.91 Å². The lowest BCUT2D eigenvalue weighted by atomic mass is 10.1. The second-order valence-electron chi connectivity index (χ2n) is 4.04. The lowest BCUT2D eigenvalue weighted by Crippen LogP contribution is -2.25. The summed E-state index contributed by atoms with van der Waals surface area (Å²) in [6.07, 6.45) is 4.61. The number of carbonyl (C=O) groups is 2. The zero-order valence-electron chi connectivity index (χ0n) is 9.22. The van der Waals surface area contributed by atoms with Crippen molar-refractivity contribution in [2.24, 2.45) is 0 Å². The van der Waals surface area contributed by atoms with E-state index in [-0.39, 0.29) is 5.91 Å². The summed E-state index contributed by atoms with van der Waals surface area (Å²) in [5, 5.41) is 11.4. The minimum Gasteiger partial charge on any atom is -0.478 e. The Morgan fingerprint density at radius 2 is 2.12 bits per heavy atom. The van der Waals surface area contributed by atoms with Gasteiger partial charge in [-0.2, -0.15) is 0 Å². The molecule has 2 N–H and O–H groups in total. The maximum Gasteiger partial charge on any atom is 0.328 e. The highest BCUT2D eigenvalue weighted by Crippen LogP contribution is 2.19. The van der Waals surface area contributed by atoms with E-state index in [1.165, 1.54) is 6.08 Å². The maximum absolute atomic E-state index is 11.7. The number of hydrogen-bond acceptors (Lipinski definition) is 2. The molecule has 0 saturated heterocycles. The molecule has 1 aliphatic rings. The van der Waals surface area contributed by atoms with Gasteiger partial charge < -0.3 is 10.4 Å². The number of carbonyl (C=O) groups excluding carboxylic acids is 1. The summed E-state index contributed by atoms with van der Waals surface area (Å²) in [5.74, 6) is -1.10. The van der Waals surface area contributed by atoms with Gasteiger partial charge >= 0.3 is 5.97 Å².